The van der Waals surface area contributed by atoms with Gasteiger partial charge in [-0.05, 0) is 15.9 Å². The van der Waals surface area contributed by atoms with Crippen LogP contribution in [0.25, 0.3) is 0 Å². The van der Waals surface area contributed by atoms with E-state index >= 15 is 0 Å². The maximum Gasteiger partial charge on any atom is 0.173 e. The molecule has 0 saturated carbocycles. The van der Waals surface area contributed by atoms with Gasteiger partial charge in [0, 0.05) is 6.07 Å². The second-order valence-electron chi connectivity index (χ2n) is 2.25. The molecule has 5 heteroatoms. The second kappa shape index (κ2) is 3.74. The van der Waals surface area contributed by atoms with Crippen molar-refractivity contribution in [3.05, 3.63) is 21.9 Å². The SMILES string of the molecule is COc1cc(F)c(C=O)c(Br)c1O. The van der Waals surface area contributed by atoms with Gasteiger partial charge in [-0.25, -0.2) is 4.39 Å². The van der Waals surface area contributed by atoms with Crippen LogP contribution in [0, 0.1) is 5.82 Å². The molecule has 0 aliphatic carbocycles. The molecule has 0 aliphatic rings. The molecule has 0 saturated heterocycles. The van der Waals surface area contributed by atoms with Crippen LogP contribution in [0.2, 0.25) is 0 Å². The summed E-state index contributed by atoms with van der Waals surface area (Å²) >= 11 is 2.88. The number of rotatable bonds is 2. The largest absolute Gasteiger partial charge is 0.503 e. The number of hydrogen-bond donors (Lipinski definition) is 1. The molecule has 1 aromatic carbocycles. The van der Waals surface area contributed by atoms with Crippen LogP contribution in [0.1, 0.15) is 10.4 Å². The van der Waals surface area contributed by atoms with E-state index in [4.69, 9.17) is 0 Å². The van der Waals surface area contributed by atoms with Crippen LogP contribution in [0.4, 0.5) is 4.39 Å². The van der Waals surface area contributed by atoms with Crippen LogP contribution in [-0.2, 0) is 0 Å². The van der Waals surface area contributed by atoms with Crippen LogP contribution in [0.15, 0.2) is 10.5 Å². The number of methoxy groups -OCH3 is 1. The number of hydrogen-bond acceptors (Lipinski definition) is 3. The van der Waals surface area contributed by atoms with Gasteiger partial charge in [0.1, 0.15) is 5.82 Å². The van der Waals surface area contributed by atoms with E-state index in [0.29, 0.717) is 6.29 Å². The van der Waals surface area contributed by atoms with Gasteiger partial charge in [0.05, 0.1) is 17.1 Å². The van der Waals surface area contributed by atoms with Crippen molar-refractivity contribution in [3.63, 3.8) is 0 Å². The summed E-state index contributed by atoms with van der Waals surface area (Å²) in [4.78, 5) is 10.4. The van der Waals surface area contributed by atoms with E-state index in [2.05, 4.69) is 20.7 Å². The molecule has 0 spiro atoms. The fourth-order valence-electron chi connectivity index (χ4n) is 0.865. The van der Waals surface area contributed by atoms with Crippen LogP contribution >= 0.6 is 15.9 Å². The van der Waals surface area contributed by atoms with Gasteiger partial charge in [0.15, 0.2) is 17.8 Å². The number of aromatic hydroxyl groups is 1. The molecular formula is C8H6BrFO3. The summed E-state index contributed by atoms with van der Waals surface area (Å²) < 4.78 is 17.7. The maximum absolute atomic E-state index is 13.0. The first-order valence-corrected chi connectivity index (χ1v) is 4.11. The Morgan fingerprint density at radius 3 is 2.77 bits per heavy atom. The minimum Gasteiger partial charge on any atom is -0.503 e. The molecule has 0 fully saturated rings. The standard InChI is InChI=1S/C8H6BrFO3/c1-13-6-2-5(10)4(3-11)7(9)8(6)12/h2-3,12H,1H3. The smallest absolute Gasteiger partial charge is 0.173 e. The van der Waals surface area contributed by atoms with Crippen molar-refractivity contribution >= 4 is 22.2 Å². The van der Waals surface area contributed by atoms with E-state index < -0.39 is 5.82 Å². The minimum absolute atomic E-state index is 0.000602. The van der Waals surface area contributed by atoms with Gasteiger partial charge in [-0.15, -0.1) is 0 Å². The monoisotopic (exact) mass is 248 g/mol. The maximum atomic E-state index is 13.0. The summed E-state index contributed by atoms with van der Waals surface area (Å²) in [5.41, 5.74) is -0.224. The Balaban J connectivity index is 3.45. The average molecular weight is 249 g/mol. The van der Waals surface area contributed by atoms with Crippen LogP contribution in [-0.4, -0.2) is 18.5 Å². The lowest BCUT2D eigenvalue weighted by Gasteiger charge is -2.07. The summed E-state index contributed by atoms with van der Waals surface area (Å²) in [5, 5.41) is 9.34. The molecule has 0 atom stereocenters. The predicted molar refractivity (Wildman–Crippen MR) is 47.7 cm³/mol. The molecule has 0 heterocycles. The Morgan fingerprint density at radius 2 is 2.31 bits per heavy atom. The zero-order valence-corrected chi connectivity index (χ0v) is 8.26. The second-order valence-corrected chi connectivity index (χ2v) is 3.05. The Labute approximate surface area is 82.3 Å². The summed E-state index contributed by atoms with van der Waals surface area (Å²) in [7, 11) is 1.29. The highest BCUT2D eigenvalue weighted by Gasteiger charge is 2.15. The van der Waals surface area contributed by atoms with Gasteiger partial charge in [-0.3, -0.25) is 4.79 Å². The molecule has 0 aliphatic heterocycles. The third-order valence-electron chi connectivity index (χ3n) is 1.53. The molecule has 0 unspecified atom stereocenters. The summed E-state index contributed by atoms with van der Waals surface area (Å²) in [6, 6.07) is 0.948. The third-order valence-corrected chi connectivity index (χ3v) is 2.33. The summed E-state index contributed by atoms with van der Waals surface area (Å²) in [6.45, 7) is 0. The molecule has 0 radical (unpaired) electrons. The van der Waals surface area contributed by atoms with Gasteiger partial charge in [0.2, 0.25) is 0 Å². The van der Waals surface area contributed by atoms with Crippen molar-refractivity contribution in [2.75, 3.05) is 7.11 Å². The van der Waals surface area contributed by atoms with E-state index in [9.17, 15) is 14.3 Å². The number of phenols is 1. The molecule has 0 amide bonds. The quantitative estimate of drug-likeness (QED) is 0.816. The first-order valence-electron chi connectivity index (χ1n) is 3.32. The Hall–Kier alpha value is -1.10. The van der Waals surface area contributed by atoms with Gasteiger partial charge in [0.25, 0.3) is 0 Å². The number of halogens is 2. The number of phenolic OH excluding ortho intramolecular Hbond substituents is 1. The molecule has 1 rings (SSSR count). The summed E-state index contributed by atoms with van der Waals surface area (Å²) in [6.07, 6.45) is 0.318. The highest BCUT2D eigenvalue weighted by molar-refractivity contribution is 9.10. The van der Waals surface area contributed by atoms with Crippen molar-refractivity contribution in [3.8, 4) is 11.5 Å². The zero-order valence-electron chi connectivity index (χ0n) is 6.67. The molecule has 1 N–H and O–H groups in total. The van der Waals surface area contributed by atoms with Crippen LogP contribution in [0.3, 0.4) is 0 Å². The fourth-order valence-corrected chi connectivity index (χ4v) is 1.34. The van der Waals surface area contributed by atoms with Crippen molar-refractivity contribution in [2.24, 2.45) is 0 Å². The normalized spacial score (nSPS) is 9.77. The third kappa shape index (κ3) is 1.65. The molecular weight excluding hydrogens is 243 g/mol. The lowest BCUT2D eigenvalue weighted by molar-refractivity contribution is 0.111. The van der Waals surface area contributed by atoms with Crippen molar-refractivity contribution < 1.29 is 19.0 Å². The average Bonchev–Trinajstić information content (AvgIpc) is 2.12. The Bertz CT molecular complexity index is 352. The lowest BCUT2D eigenvalue weighted by atomic mass is 10.2. The highest BCUT2D eigenvalue weighted by Crippen LogP contribution is 2.37. The summed E-state index contributed by atoms with van der Waals surface area (Å²) in [5.74, 6) is -1.04. The van der Waals surface area contributed by atoms with Gasteiger partial charge >= 0.3 is 0 Å². The number of benzene rings is 1. The van der Waals surface area contributed by atoms with E-state index in [1.165, 1.54) is 7.11 Å². The van der Waals surface area contributed by atoms with E-state index in [1.54, 1.807) is 0 Å². The first kappa shape index (κ1) is 9.98. The molecule has 3 nitrogen and oxygen atoms in total. The molecule has 0 aromatic heterocycles. The van der Waals surface area contributed by atoms with Gasteiger partial charge in [-0.2, -0.15) is 0 Å². The van der Waals surface area contributed by atoms with Crippen molar-refractivity contribution in [1.29, 1.82) is 0 Å². The lowest BCUT2D eigenvalue weighted by Crippen LogP contribution is -1.93. The Kier molecular flexibility index (Phi) is 2.87. The number of carbonyl (C=O) groups is 1. The molecule has 70 valence electrons. The zero-order chi connectivity index (χ0) is 10.0. The first-order chi connectivity index (χ1) is 6.11. The number of carbonyl (C=O) groups excluding carboxylic acids is 1. The van der Waals surface area contributed by atoms with E-state index in [-0.39, 0.29) is 21.5 Å². The Morgan fingerprint density at radius 1 is 1.69 bits per heavy atom. The molecule has 1 aromatic rings. The van der Waals surface area contributed by atoms with Crippen molar-refractivity contribution in [2.45, 2.75) is 0 Å². The molecule has 13 heavy (non-hydrogen) atoms. The van der Waals surface area contributed by atoms with Crippen LogP contribution in [0.5, 0.6) is 11.5 Å². The number of aldehydes is 1. The number of ether oxygens (including phenoxy) is 1. The van der Waals surface area contributed by atoms with Crippen molar-refractivity contribution in [1.82, 2.24) is 0 Å². The minimum atomic E-state index is -0.739. The topological polar surface area (TPSA) is 46.5 Å². The van der Waals surface area contributed by atoms with E-state index in [0.717, 1.165) is 6.07 Å². The fraction of sp³-hybridized carbons (Fsp3) is 0.125. The van der Waals surface area contributed by atoms with Gasteiger partial charge < -0.3 is 9.84 Å². The predicted octanol–water partition coefficient (Wildman–Crippen LogP) is 2.11. The van der Waals surface area contributed by atoms with Crippen LogP contribution < -0.4 is 4.74 Å². The van der Waals surface area contributed by atoms with E-state index in [1.807, 2.05) is 0 Å². The molecule has 0 bridgehead atoms. The van der Waals surface area contributed by atoms with Gasteiger partial charge in [-0.1, -0.05) is 0 Å². The highest BCUT2D eigenvalue weighted by atomic mass is 79.9.